The van der Waals surface area contributed by atoms with E-state index in [-0.39, 0.29) is 5.57 Å². The molecule has 1 aliphatic rings. The van der Waals surface area contributed by atoms with Crippen LogP contribution in [0.1, 0.15) is 18.1 Å². The molecule has 0 aromatic heterocycles. The number of hydrogen-bond donors (Lipinski definition) is 1. The topological polar surface area (TPSA) is 75.7 Å². The molecule has 0 unspecified atom stereocenters. The summed E-state index contributed by atoms with van der Waals surface area (Å²) in [5.41, 5.74) is 1.65. The van der Waals surface area contributed by atoms with Gasteiger partial charge >= 0.3 is 6.03 Å². The quantitative estimate of drug-likeness (QED) is 0.679. The van der Waals surface area contributed by atoms with Crippen molar-refractivity contribution in [3.8, 4) is 5.75 Å². The lowest BCUT2D eigenvalue weighted by Crippen LogP contribution is -2.54. The van der Waals surface area contributed by atoms with Crippen molar-refractivity contribution in [2.24, 2.45) is 0 Å². The van der Waals surface area contributed by atoms with Gasteiger partial charge in [0, 0.05) is 5.56 Å². The summed E-state index contributed by atoms with van der Waals surface area (Å²) in [7, 11) is 0. The monoisotopic (exact) mass is 350 g/mol. The van der Waals surface area contributed by atoms with Crippen LogP contribution in [0.5, 0.6) is 5.75 Å². The second-order valence-electron chi connectivity index (χ2n) is 5.72. The van der Waals surface area contributed by atoms with Crippen molar-refractivity contribution in [1.82, 2.24) is 5.32 Å². The summed E-state index contributed by atoms with van der Waals surface area (Å²) < 4.78 is 5.53. The van der Waals surface area contributed by atoms with E-state index < -0.39 is 17.8 Å². The smallest absolute Gasteiger partial charge is 0.335 e. The molecule has 1 fully saturated rings. The standard InChI is InChI=1S/C20H18N2O4/c1-3-26-17-11-7-5-9-14(17)12-15-18(23)21-20(25)22(19(15)24)16-10-6-4-8-13(16)2/h4-12H,3H2,1-2H3,(H,21,23,25)/b15-12+. The van der Waals surface area contributed by atoms with E-state index in [1.807, 2.05) is 13.0 Å². The normalized spacial score (nSPS) is 16.0. The molecule has 26 heavy (non-hydrogen) atoms. The average molecular weight is 350 g/mol. The van der Waals surface area contributed by atoms with Gasteiger partial charge in [0.05, 0.1) is 12.3 Å². The van der Waals surface area contributed by atoms with Crippen LogP contribution in [0.4, 0.5) is 10.5 Å². The highest BCUT2D eigenvalue weighted by molar-refractivity contribution is 6.39. The number of imide groups is 2. The number of amides is 4. The van der Waals surface area contributed by atoms with Crippen LogP contribution in [0.2, 0.25) is 0 Å². The van der Waals surface area contributed by atoms with Crippen molar-refractivity contribution in [2.75, 3.05) is 11.5 Å². The predicted octanol–water partition coefficient (Wildman–Crippen LogP) is 3.06. The second-order valence-corrected chi connectivity index (χ2v) is 5.72. The molecule has 4 amide bonds. The maximum absolute atomic E-state index is 12.9. The fourth-order valence-corrected chi connectivity index (χ4v) is 2.73. The average Bonchev–Trinajstić information content (AvgIpc) is 2.61. The van der Waals surface area contributed by atoms with Crippen LogP contribution in [0.15, 0.2) is 54.1 Å². The molecule has 1 aliphatic heterocycles. The third-order valence-corrected chi connectivity index (χ3v) is 3.98. The number of carbonyl (C=O) groups is 3. The van der Waals surface area contributed by atoms with E-state index in [0.717, 1.165) is 10.5 Å². The molecule has 0 radical (unpaired) electrons. The maximum atomic E-state index is 12.9. The van der Waals surface area contributed by atoms with Crippen LogP contribution < -0.4 is 15.0 Å². The van der Waals surface area contributed by atoms with Gasteiger partial charge in [0.15, 0.2) is 0 Å². The molecule has 2 aromatic carbocycles. The third-order valence-electron chi connectivity index (χ3n) is 3.98. The number of nitrogens with one attached hydrogen (secondary N) is 1. The molecule has 0 saturated carbocycles. The first kappa shape index (κ1) is 17.4. The third kappa shape index (κ3) is 3.21. The molecule has 0 bridgehead atoms. The number of ether oxygens (including phenoxy) is 1. The SMILES string of the molecule is CCOc1ccccc1/C=C1\C(=O)NC(=O)N(c2ccccc2C)C1=O. The van der Waals surface area contributed by atoms with Crippen molar-refractivity contribution in [3.05, 3.63) is 65.2 Å². The predicted molar refractivity (Wildman–Crippen MR) is 97.8 cm³/mol. The molecule has 0 atom stereocenters. The van der Waals surface area contributed by atoms with Gasteiger partial charge in [-0.2, -0.15) is 0 Å². The van der Waals surface area contributed by atoms with E-state index in [1.54, 1.807) is 49.4 Å². The lowest BCUT2D eigenvalue weighted by molar-refractivity contribution is -0.122. The molecule has 1 heterocycles. The Kier molecular flexibility index (Phi) is 4.84. The Morgan fingerprint density at radius 3 is 2.46 bits per heavy atom. The van der Waals surface area contributed by atoms with Crippen LogP contribution in [-0.4, -0.2) is 24.5 Å². The molecule has 1 saturated heterocycles. The zero-order valence-electron chi connectivity index (χ0n) is 14.5. The van der Waals surface area contributed by atoms with E-state index >= 15 is 0 Å². The highest BCUT2D eigenvalue weighted by Gasteiger charge is 2.37. The number of carbonyl (C=O) groups excluding carboxylic acids is 3. The summed E-state index contributed by atoms with van der Waals surface area (Å²) in [6.45, 7) is 4.09. The van der Waals surface area contributed by atoms with Crippen molar-refractivity contribution in [1.29, 1.82) is 0 Å². The first-order chi connectivity index (χ1) is 12.5. The van der Waals surface area contributed by atoms with Gasteiger partial charge in [-0.15, -0.1) is 0 Å². The summed E-state index contributed by atoms with van der Waals surface area (Å²) in [6, 6.07) is 13.3. The van der Waals surface area contributed by atoms with Gasteiger partial charge in [-0.3, -0.25) is 14.9 Å². The molecule has 2 aromatic rings. The van der Waals surface area contributed by atoms with Crippen molar-refractivity contribution < 1.29 is 19.1 Å². The largest absolute Gasteiger partial charge is 0.493 e. The first-order valence-corrected chi connectivity index (χ1v) is 8.22. The molecule has 0 aliphatic carbocycles. The van der Waals surface area contributed by atoms with E-state index in [0.29, 0.717) is 23.6 Å². The summed E-state index contributed by atoms with van der Waals surface area (Å²) in [5, 5.41) is 2.23. The van der Waals surface area contributed by atoms with Crippen LogP contribution >= 0.6 is 0 Å². The minimum Gasteiger partial charge on any atom is -0.493 e. The van der Waals surface area contributed by atoms with Crippen molar-refractivity contribution in [2.45, 2.75) is 13.8 Å². The van der Waals surface area contributed by atoms with Gasteiger partial charge in [-0.1, -0.05) is 36.4 Å². The Morgan fingerprint density at radius 2 is 1.73 bits per heavy atom. The highest BCUT2D eigenvalue weighted by atomic mass is 16.5. The van der Waals surface area contributed by atoms with E-state index in [2.05, 4.69) is 5.32 Å². The molecular weight excluding hydrogens is 332 g/mol. The van der Waals surface area contributed by atoms with Crippen LogP contribution in [-0.2, 0) is 9.59 Å². The Hall–Kier alpha value is -3.41. The molecule has 6 nitrogen and oxygen atoms in total. The molecule has 1 N–H and O–H groups in total. The number of benzene rings is 2. The molecule has 0 spiro atoms. The fraction of sp³-hybridized carbons (Fsp3) is 0.150. The number of anilines is 1. The number of aryl methyl sites for hydroxylation is 1. The van der Waals surface area contributed by atoms with Gasteiger partial charge in [0.25, 0.3) is 11.8 Å². The van der Waals surface area contributed by atoms with Crippen LogP contribution in [0.3, 0.4) is 0 Å². The van der Waals surface area contributed by atoms with E-state index in [1.165, 1.54) is 6.08 Å². The van der Waals surface area contributed by atoms with Gasteiger partial charge < -0.3 is 4.74 Å². The minimum atomic E-state index is -0.760. The lowest BCUT2D eigenvalue weighted by Gasteiger charge is -2.27. The van der Waals surface area contributed by atoms with E-state index in [9.17, 15) is 14.4 Å². The molecule has 3 rings (SSSR count). The van der Waals surface area contributed by atoms with Gasteiger partial charge in [0.1, 0.15) is 11.3 Å². The van der Waals surface area contributed by atoms with Crippen molar-refractivity contribution in [3.63, 3.8) is 0 Å². The van der Waals surface area contributed by atoms with Gasteiger partial charge in [-0.25, -0.2) is 9.69 Å². The first-order valence-electron chi connectivity index (χ1n) is 8.22. The number of nitrogens with zero attached hydrogens (tertiary/aromatic N) is 1. The maximum Gasteiger partial charge on any atom is 0.335 e. The minimum absolute atomic E-state index is 0.125. The summed E-state index contributed by atoms with van der Waals surface area (Å²) in [4.78, 5) is 38.4. The Bertz CT molecular complexity index is 918. The number of rotatable bonds is 4. The highest BCUT2D eigenvalue weighted by Crippen LogP contribution is 2.27. The van der Waals surface area contributed by atoms with Crippen LogP contribution in [0, 0.1) is 6.92 Å². The number of para-hydroxylation sites is 2. The summed E-state index contributed by atoms with van der Waals surface area (Å²) in [5.74, 6) is -0.835. The van der Waals surface area contributed by atoms with Crippen LogP contribution in [0.25, 0.3) is 6.08 Å². The molecule has 132 valence electrons. The number of urea groups is 1. The zero-order chi connectivity index (χ0) is 18.7. The number of barbiturate groups is 1. The number of hydrogen-bond acceptors (Lipinski definition) is 4. The summed E-state index contributed by atoms with van der Waals surface area (Å²) in [6.07, 6.45) is 1.44. The Labute approximate surface area is 151 Å². The van der Waals surface area contributed by atoms with Crippen molar-refractivity contribution >= 4 is 29.6 Å². The zero-order valence-corrected chi connectivity index (χ0v) is 14.5. The summed E-state index contributed by atoms with van der Waals surface area (Å²) >= 11 is 0. The Morgan fingerprint density at radius 1 is 1.04 bits per heavy atom. The fourth-order valence-electron chi connectivity index (χ4n) is 2.73. The Balaban J connectivity index is 2.05. The lowest BCUT2D eigenvalue weighted by atomic mass is 10.1. The molecular formula is C20H18N2O4. The van der Waals surface area contributed by atoms with E-state index in [4.69, 9.17) is 4.74 Å². The molecule has 6 heteroatoms. The van der Waals surface area contributed by atoms with Gasteiger partial charge in [-0.05, 0) is 37.6 Å². The second kappa shape index (κ2) is 7.23. The van der Waals surface area contributed by atoms with Gasteiger partial charge in [0.2, 0.25) is 0 Å².